The third-order valence-corrected chi connectivity index (χ3v) is 6.81. The van der Waals surface area contributed by atoms with E-state index in [0.717, 1.165) is 15.8 Å². The highest BCUT2D eigenvalue weighted by atomic mass is 32.1. The van der Waals surface area contributed by atoms with Crippen LogP contribution in [0.1, 0.15) is 12.5 Å². The van der Waals surface area contributed by atoms with Gasteiger partial charge in [0.05, 0.1) is 53.0 Å². The Labute approximate surface area is 237 Å². The Bertz CT molecular complexity index is 1700. The molecule has 0 aliphatic heterocycles. The first kappa shape index (κ1) is 27.9. The van der Waals surface area contributed by atoms with Crippen molar-refractivity contribution < 1.29 is 33.2 Å². The van der Waals surface area contributed by atoms with E-state index in [-0.39, 0.29) is 25.6 Å². The predicted molar refractivity (Wildman–Crippen MR) is 151 cm³/mol. The van der Waals surface area contributed by atoms with Gasteiger partial charge in [-0.25, -0.2) is 29.1 Å². The van der Waals surface area contributed by atoms with Crippen LogP contribution in [-0.4, -0.2) is 64.2 Å². The number of hydrogen-bond acceptors (Lipinski definition) is 11. The number of carbonyl (C=O) groups excluding carboxylic acids is 1. The molecule has 0 aliphatic rings. The summed E-state index contributed by atoms with van der Waals surface area (Å²) >= 11 is 1.38. The molecular weight excluding hydrogens is 553 g/mol. The van der Waals surface area contributed by atoms with Crippen LogP contribution in [0.25, 0.3) is 31.8 Å². The fraction of sp³-hybridized carbons (Fsp3) is 0.250. The van der Waals surface area contributed by atoms with Gasteiger partial charge in [-0.3, -0.25) is 5.32 Å². The van der Waals surface area contributed by atoms with Gasteiger partial charge in [0.25, 0.3) is 0 Å². The van der Waals surface area contributed by atoms with Gasteiger partial charge in [-0.1, -0.05) is 0 Å². The van der Waals surface area contributed by atoms with Crippen LogP contribution in [0.2, 0.25) is 0 Å². The number of nitrogens with one attached hydrogen (secondary N) is 1. The highest BCUT2D eigenvalue weighted by Gasteiger charge is 2.17. The average molecular weight is 580 g/mol. The van der Waals surface area contributed by atoms with E-state index in [0.29, 0.717) is 39.0 Å². The van der Waals surface area contributed by atoms with Crippen LogP contribution < -0.4 is 19.5 Å². The number of fused-ring (bicyclic) bond motifs is 2. The van der Waals surface area contributed by atoms with Gasteiger partial charge in [0.2, 0.25) is 11.8 Å². The molecule has 0 saturated heterocycles. The second-order valence-corrected chi connectivity index (χ2v) is 10.0. The quantitative estimate of drug-likeness (QED) is 0.229. The highest BCUT2D eigenvalue weighted by molar-refractivity contribution is 7.21. The molecule has 0 unspecified atom stereocenters. The third-order valence-electron chi connectivity index (χ3n) is 5.76. The standard InChI is InChI=1S/C28H26FN5O6S/c1-15-8-18(26-21(9-15)33-25(37-3)13-31-26)27-34-20-10-19(29)22(11-23(20)41-27)39-14-16(2)40-28(36)32-17-4-5-24(30-12-17)38-7-6-35/h4-5,8-13,16,35H,6-7,14H2,1-3H3,(H,32,36)/t16-/m1/s1. The zero-order valence-corrected chi connectivity index (χ0v) is 23.2. The molecule has 0 saturated carbocycles. The maximum Gasteiger partial charge on any atom is 0.412 e. The van der Waals surface area contributed by atoms with E-state index in [2.05, 4.69) is 25.3 Å². The zero-order chi connectivity index (χ0) is 28.9. The molecule has 0 aliphatic carbocycles. The summed E-state index contributed by atoms with van der Waals surface area (Å²) in [6.07, 6.45) is 1.54. The van der Waals surface area contributed by atoms with Gasteiger partial charge < -0.3 is 24.1 Å². The average Bonchev–Trinajstić information content (AvgIpc) is 3.37. The van der Waals surface area contributed by atoms with Crippen molar-refractivity contribution in [2.75, 3.05) is 32.2 Å². The number of aromatic nitrogens is 4. The minimum Gasteiger partial charge on any atom is -0.487 e. The first-order valence-electron chi connectivity index (χ1n) is 12.5. The number of aliphatic hydroxyl groups is 1. The van der Waals surface area contributed by atoms with Gasteiger partial charge in [-0.15, -0.1) is 11.3 Å². The van der Waals surface area contributed by atoms with Crippen molar-refractivity contribution in [2.24, 2.45) is 0 Å². The zero-order valence-electron chi connectivity index (χ0n) is 22.4. The number of nitrogens with zero attached hydrogens (tertiary/aromatic N) is 4. The molecule has 2 aromatic carbocycles. The molecule has 5 aromatic rings. The number of carbonyl (C=O) groups is 1. The molecule has 0 spiro atoms. The summed E-state index contributed by atoms with van der Waals surface area (Å²) < 4.78 is 37.0. The fourth-order valence-electron chi connectivity index (χ4n) is 3.93. The minimum absolute atomic E-state index is 0.0184. The van der Waals surface area contributed by atoms with Crippen LogP contribution >= 0.6 is 11.3 Å². The lowest BCUT2D eigenvalue weighted by atomic mass is 10.1. The van der Waals surface area contributed by atoms with Gasteiger partial charge in [0, 0.05) is 23.8 Å². The second kappa shape index (κ2) is 12.3. The highest BCUT2D eigenvalue weighted by Crippen LogP contribution is 2.37. The van der Waals surface area contributed by atoms with Crippen molar-refractivity contribution in [3.63, 3.8) is 0 Å². The molecule has 2 N–H and O–H groups in total. The molecule has 3 aromatic heterocycles. The van der Waals surface area contributed by atoms with Gasteiger partial charge >= 0.3 is 6.09 Å². The minimum atomic E-state index is -0.721. The van der Waals surface area contributed by atoms with E-state index in [1.54, 1.807) is 31.3 Å². The van der Waals surface area contributed by atoms with E-state index >= 15 is 0 Å². The first-order chi connectivity index (χ1) is 19.8. The number of thiazole rings is 1. The maximum absolute atomic E-state index is 14.9. The smallest absolute Gasteiger partial charge is 0.412 e. The van der Waals surface area contributed by atoms with Crippen LogP contribution in [0.4, 0.5) is 14.9 Å². The van der Waals surface area contributed by atoms with E-state index < -0.39 is 18.0 Å². The second-order valence-electron chi connectivity index (χ2n) is 8.97. The summed E-state index contributed by atoms with van der Waals surface area (Å²) in [5, 5.41) is 12.0. The molecule has 3 heterocycles. The molecule has 1 amide bonds. The lowest BCUT2D eigenvalue weighted by Crippen LogP contribution is -2.25. The summed E-state index contributed by atoms with van der Waals surface area (Å²) in [5.41, 5.74) is 3.97. The lowest BCUT2D eigenvalue weighted by molar-refractivity contribution is 0.0844. The fourth-order valence-corrected chi connectivity index (χ4v) is 4.92. The molecule has 0 radical (unpaired) electrons. The largest absolute Gasteiger partial charge is 0.487 e. The topological polar surface area (TPSA) is 138 Å². The summed E-state index contributed by atoms with van der Waals surface area (Å²) in [7, 11) is 1.53. The Morgan fingerprint density at radius 1 is 1.07 bits per heavy atom. The lowest BCUT2D eigenvalue weighted by Gasteiger charge is -2.15. The molecule has 11 nitrogen and oxygen atoms in total. The summed E-state index contributed by atoms with van der Waals surface area (Å²) in [6.45, 7) is 3.49. The van der Waals surface area contributed by atoms with Crippen molar-refractivity contribution in [1.29, 1.82) is 0 Å². The first-order valence-corrected chi connectivity index (χ1v) is 13.4. The number of hydrogen-bond donors (Lipinski definition) is 2. The number of anilines is 1. The van der Waals surface area contributed by atoms with Gasteiger partial charge in [-0.05, 0) is 37.6 Å². The molecule has 5 rings (SSSR count). The van der Waals surface area contributed by atoms with Crippen LogP contribution in [0.5, 0.6) is 17.5 Å². The molecule has 13 heteroatoms. The SMILES string of the molecule is COc1cnc2c(-c3nc4cc(F)c(OC[C@@H](C)OC(=O)Nc5ccc(OCCO)nc5)cc4s3)cc(C)cc2n1. The van der Waals surface area contributed by atoms with Crippen molar-refractivity contribution in [3.05, 3.63) is 60.2 Å². The van der Waals surface area contributed by atoms with Crippen molar-refractivity contribution in [3.8, 4) is 28.1 Å². The molecular formula is C28H26FN5O6S. The van der Waals surface area contributed by atoms with E-state index in [9.17, 15) is 9.18 Å². The Morgan fingerprint density at radius 2 is 1.93 bits per heavy atom. The number of rotatable bonds is 10. The van der Waals surface area contributed by atoms with Crippen LogP contribution in [0, 0.1) is 12.7 Å². The van der Waals surface area contributed by atoms with Gasteiger partial charge in [0.1, 0.15) is 24.3 Å². The molecule has 1 atom stereocenters. The third kappa shape index (κ3) is 6.58. The normalized spacial score (nSPS) is 11.8. The van der Waals surface area contributed by atoms with Crippen LogP contribution in [0.3, 0.4) is 0 Å². The number of halogens is 1. The monoisotopic (exact) mass is 579 g/mol. The number of methoxy groups -OCH3 is 1. The molecule has 212 valence electrons. The summed E-state index contributed by atoms with van der Waals surface area (Å²) in [5.74, 6) is 0.159. The number of amides is 1. The number of ether oxygens (including phenoxy) is 4. The van der Waals surface area contributed by atoms with Crippen LogP contribution in [0.15, 0.2) is 48.8 Å². The molecule has 0 bridgehead atoms. The Balaban J connectivity index is 1.25. The van der Waals surface area contributed by atoms with E-state index in [1.807, 2.05) is 19.1 Å². The number of benzene rings is 2. The number of pyridine rings is 1. The summed E-state index contributed by atoms with van der Waals surface area (Å²) in [4.78, 5) is 29.9. The Morgan fingerprint density at radius 3 is 2.68 bits per heavy atom. The van der Waals surface area contributed by atoms with Crippen molar-refractivity contribution in [1.82, 2.24) is 19.9 Å². The Hall–Kier alpha value is -4.62. The van der Waals surface area contributed by atoms with Crippen molar-refractivity contribution >= 4 is 44.4 Å². The predicted octanol–water partition coefficient (Wildman–Crippen LogP) is 5.14. The van der Waals surface area contributed by atoms with E-state index in [4.69, 9.17) is 24.1 Å². The number of aryl methyl sites for hydroxylation is 1. The van der Waals surface area contributed by atoms with E-state index in [1.165, 1.54) is 30.7 Å². The summed E-state index contributed by atoms with van der Waals surface area (Å²) in [6, 6.07) is 9.91. The van der Waals surface area contributed by atoms with Gasteiger partial charge in [0.15, 0.2) is 11.6 Å². The number of aliphatic hydroxyl groups excluding tert-OH is 1. The van der Waals surface area contributed by atoms with Crippen molar-refractivity contribution in [2.45, 2.75) is 20.0 Å². The maximum atomic E-state index is 14.9. The van der Waals surface area contributed by atoms with Crippen LogP contribution in [-0.2, 0) is 4.74 Å². The Kier molecular flexibility index (Phi) is 8.36. The molecule has 41 heavy (non-hydrogen) atoms. The molecule has 0 fully saturated rings. The van der Waals surface area contributed by atoms with Gasteiger partial charge in [-0.2, -0.15) is 0 Å².